The molecule has 2 aromatic rings. The van der Waals surface area contributed by atoms with E-state index in [0.29, 0.717) is 6.54 Å². The van der Waals surface area contributed by atoms with E-state index in [1.54, 1.807) is 17.4 Å². The summed E-state index contributed by atoms with van der Waals surface area (Å²) >= 11 is 1.60. The van der Waals surface area contributed by atoms with Crippen molar-refractivity contribution >= 4 is 11.3 Å². The van der Waals surface area contributed by atoms with Crippen LogP contribution >= 0.6 is 11.3 Å². The van der Waals surface area contributed by atoms with E-state index < -0.39 is 0 Å². The van der Waals surface area contributed by atoms with Crippen LogP contribution in [-0.2, 0) is 6.42 Å². The molecule has 2 N–H and O–H groups in total. The standard InChI is InChI=1S/C13H15FN2OS/c1-8-16-13(12(18-8)5-6-15)9-3-4-11(17-2)10(14)7-9/h3-4,7H,5-6,15H2,1-2H3. The number of aromatic nitrogens is 1. The molecule has 1 heterocycles. The molecule has 0 unspecified atom stereocenters. The topological polar surface area (TPSA) is 48.1 Å². The average molecular weight is 266 g/mol. The summed E-state index contributed by atoms with van der Waals surface area (Å²) < 4.78 is 18.6. The number of rotatable bonds is 4. The van der Waals surface area contributed by atoms with Crippen molar-refractivity contribution in [1.29, 1.82) is 0 Å². The highest BCUT2D eigenvalue weighted by Crippen LogP contribution is 2.30. The van der Waals surface area contributed by atoms with Crippen LogP contribution in [0, 0.1) is 12.7 Å². The van der Waals surface area contributed by atoms with Crippen molar-refractivity contribution in [2.45, 2.75) is 13.3 Å². The number of hydrogen-bond donors (Lipinski definition) is 1. The molecule has 0 aliphatic heterocycles. The van der Waals surface area contributed by atoms with Gasteiger partial charge in [-0.25, -0.2) is 9.37 Å². The van der Waals surface area contributed by atoms with Crippen LogP contribution in [0.5, 0.6) is 5.75 Å². The molecule has 0 aliphatic carbocycles. The van der Waals surface area contributed by atoms with Crippen LogP contribution in [0.25, 0.3) is 11.3 Å². The van der Waals surface area contributed by atoms with E-state index in [1.807, 2.05) is 13.0 Å². The molecule has 0 bridgehead atoms. The zero-order valence-electron chi connectivity index (χ0n) is 10.4. The van der Waals surface area contributed by atoms with Gasteiger partial charge in [0, 0.05) is 10.4 Å². The van der Waals surface area contributed by atoms with Crippen molar-refractivity contribution in [2.75, 3.05) is 13.7 Å². The zero-order valence-corrected chi connectivity index (χ0v) is 11.2. The highest BCUT2D eigenvalue weighted by Gasteiger charge is 2.13. The molecule has 0 saturated heterocycles. The lowest BCUT2D eigenvalue weighted by molar-refractivity contribution is 0.386. The minimum atomic E-state index is -0.376. The molecule has 0 saturated carbocycles. The van der Waals surface area contributed by atoms with Crippen LogP contribution < -0.4 is 10.5 Å². The van der Waals surface area contributed by atoms with Gasteiger partial charge in [0.2, 0.25) is 0 Å². The first-order chi connectivity index (χ1) is 8.65. The van der Waals surface area contributed by atoms with Gasteiger partial charge in [-0.05, 0) is 38.1 Å². The lowest BCUT2D eigenvalue weighted by Gasteiger charge is -2.05. The van der Waals surface area contributed by atoms with Crippen molar-refractivity contribution in [2.24, 2.45) is 5.73 Å². The van der Waals surface area contributed by atoms with E-state index in [9.17, 15) is 4.39 Å². The van der Waals surface area contributed by atoms with Crippen LogP contribution in [0.2, 0.25) is 0 Å². The molecule has 1 aromatic carbocycles. The number of nitrogens with two attached hydrogens (primary N) is 1. The molecule has 0 amide bonds. The lowest BCUT2D eigenvalue weighted by atomic mass is 10.1. The fraction of sp³-hybridized carbons (Fsp3) is 0.308. The quantitative estimate of drug-likeness (QED) is 0.925. The zero-order chi connectivity index (χ0) is 13.1. The van der Waals surface area contributed by atoms with Crippen molar-refractivity contribution in [1.82, 2.24) is 4.98 Å². The first-order valence-corrected chi connectivity index (χ1v) is 6.47. The number of nitrogens with zero attached hydrogens (tertiary/aromatic N) is 1. The maximum atomic E-state index is 13.7. The maximum Gasteiger partial charge on any atom is 0.165 e. The Labute approximate surface area is 109 Å². The number of benzene rings is 1. The van der Waals surface area contributed by atoms with E-state index in [2.05, 4.69) is 4.98 Å². The van der Waals surface area contributed by atoms with Gasteiger partial charge in [-0.3, -0.25) is 0 Å². The maximum absolute atomic E-state index is 13.7. The molecule has 0 spiro atoms. The monoisotopic (exact) mass is 266 g/mol. The van der Waals surface area contributed by atoms with E-state index >= 15 is 0 Å². The van der Waals surface area contributed by atoms with Gasteiger partial charge in [0.05, 0.1) is 17.8 Å². The molecule has 18 heavy (non-hydrogen) atoms. The Balaban J connectivity index is 2.44. The van der Waals surface area contributed by atoms with Gasteiger partial charge in [0.1, 0.15) is 0 Å². The third-order valence-corrected chi connectivity index (χ3v) is 3.63. The molecular weight excluding hydrogens is 251 g/mol. The van der Waals surface area contributed by atoms with Gasteiger partial charge in [-0.15, -0.1) is 11.3 Å². The largest absolute Gasteiger partial charge is 0.494 e. The van der Waals surface area contributed by atoms with Crippen molar-refractivity contribution in [3.8, 4) is 17.0 Å². The van der Waals surface area contributed by atoms with Crippen LogP contribution in [0.15, 0.2) is 18.2 Å². The minimum absolute atomic E-state index is 0.242. The molecule has 0 aliphatic rings. The van der Waals surface area contributed by atoms with Gasteiger partial charge in [-0.1, -0.05) is 0 Å². The molecule has 96 valence electrons. The van der Waals surface area contributed by atoms with Gasteiger partial charge in [0.25, 0.3) is 0 Å². The lowest BCUT2D eigenvalue weighted by Crippen LogP contribution is -2.02. The van der Waals surface area contributed by atoms with Crippen LogP contribution in [0.1, 0.15) is 9.88 Å². The fourth-order valence-electron chi connectivity index (χ4n) is 1.81. The number of methoxy groups -OCH3 is 1. The van der Waals surface area contributed by atoms with Crippen molar-refractivity contribution < 1.29 is 9.13 Å². The summed E-state index contributed by atoms with van der Waals surface area (Å²) in [5, 5.41) is 0.963. The summed E-state index contributed by atoms with van der Waals surface area (Å²) in [5.41, 5.74) is 7.17. The van der Waals surface area contributed by atoms with E-state index in [0.717, 1.165) is 27.6 Å². The highest BCUT2D eigenvalue weighted by molar-refractivity contribution is 7.12. The Bertz CT molecular complexity index is 554. The van der Waals surface area contributed by atoms with Crippen LogP contribution in [-0.4, -0.2) is 18.6 Å². The molecule has 1 aromatic heterocycles. The summed E-state index contributed by atoms with van der Waals surface area (Å²) in [6.07, 6.45) is 0.758. The second kappa shape index (κ2) is 5.46. The third-order valence-electron chi connectivity index (χ3n) is 2.60. The molecular formula is C13H15FN2OS. The number of aryl methyl sites for hydroxylation is 1. The highest BCUT2D eigenvalue weighted by atomic mass is 32.1. The fourth-order valence-corrected chi connectivity index (χ4v) is 2.78. The van der Waals surface area contributed by atoms with E-state index in [1.165, 1.54) is 13.2 Å². The minimum Gasteiger partial charge on any atom is -0.494 e. The second-order valence-corrected chi connectivity index (χ2v) is 5.18. The smallest absolute Gasteiger partial charge is 0.165 e. The van der Waals surface area contributed by atoms with Gasteiger partial charge < -0.3 is 10.5 Å². The summed E-state index contributed by atoms with van der Waals surface area (Å²) in [4.78, 5) is 5.55. The normalized spacial score (nSPS) is 10.7. The first-order valence-electron chi connectivity index (χ1n) is 5.66. The SMILES string of the molecule is COc1ccc(-c2nc(C)sc2CCN)cc1F. The number of halogens is 1. The number of ether oxygens (including phenoxy) is 1. The molecule has 5 heteroatoms. The van der Waals surface area contributed by atoms with E-state index in [-0.39, 0.29) is 11.6 Å². The predicted molar refractivity (Wildman–Crippen MR) is 71.6 cm³/mol. The van der Waals surface area contributed by atoms with Gasteiger partial charge in [0.15, 0.2) is 11.6 Å². The van der Waals surface area contributed by atoms with Crippen LogP contribution in [0.3, 0.4) is 0 Å². The third kappa shape index (κ3) is 2.52. The Hall–Kier alpha value is -1.46. The molecule has 3 nitrogen and oxygen atoms in total. The first kappa shape index (κ1) is 13.0. The summed E-state index contributed by atoms with van der Waals surface area (Å²) in [6, 6.07) is 4.88. The predicted octanol–water partition coefficient (Wildman–Crippen LogP) is 2.77. The van der Waals surface area contributed by atoms with Gasteiger partial charge >= 0.3 is 0 Å². The average Bonchev–Trinajstić information content (AvgIpc) is 2.71. The molecule has 2 rings (SSSR count). The number of hydrogen-bond acceptors (Lipinski definition) is 4. The summed E-state index contributed by atoms with van der Waals surface area (Å²) in [6.45, 7) is 2.50. The van der Waals surface area contributed by atoms with E-state index in [4.69, 9.17) is 10.5 Å². The molecule has 0 fully saturated rings. The Morgan fingerprint density at radius 2 is 2.22 bits per heavy atom. The molecule has 0 radical (unpaired) electrons. The Kier molecular flexibility index (Phi) is 3.93. The van der Waals surface area contributed by atoms with Crippen molar-refractivity contribution in [3.63, 3.8) is 0 Å². The Morgan fingerprint density at radius 1 is 1.44 bits per heavy atom. The van der Waals surface area contributed by atoms with Crippen LogP contribution in [0.4, 0.5) is 4.39 Å². The Morgan fingerprint density at radius 3 is 2.83 bits per heavy atom. The number of thiazole rings is 1. The summed E-state index contributed by atoms with van der Waals surface area (Å²) in [7, 11) is 1.45. The second-order valence-electron chi connectivity index (χ2n) is 3.89. The summed E-state index contributed by atoms with van der Waals surface area (Å²) in [5.74, 6) is -0.134. The van der Waals surface area contributed by atoms with Gasteiger partial charge in [-0.2, -0.15) is 0 Å². The molecule has 0 atom stereocenters. The van der Waals surface area contributed by atoms with Crippen molar-refractivity contribution in [3.05, 3.63) is 33.9 Å².